The summed E-state index contributed by atoms with van der Waals surface area (Å²) in [5, 5.41) is 14.2. The zero-order valence-corrected chi connectivity index (χ0v) is 17.1. The van der Waals surface area contributed by atoms with E-state index in [1.807, 2.05) is 24.3 Å². The van der Waals surface area contributed by atoms with Crippen molar-refractivity contribution in [2.75, 3.05) is 11.9 Å². The van der Waals surface area contributed by atoms with E-state index in [1.54, 1.807) is 30.3 Å². The molecule has 0 unspecified atom stereocenters. The van der Waals surface area contributed by atoms with Crippen LogP contribution in [-0.4, -0.2) is 17.6 Å². The van der Waals surface area contributed by atoms with Crippen molar-refractivity contribution in [3.8, 4) is 16.2 Å². The molecule has 0 fully saturated rings. The summed E-state index contributed by atoms with van der Waals surface area (Å²) in [7, 11) is 0. The third-order valence-electron chi connectivity index (χ3n) is 3.95. The highest BCUT2D eigenvalue weighted by atomic mass is 35.5. The fourth-order valence-electron chi connectivity index (χ4n) is 2.53. The molecule has 0 atom stereocenters. The molecule has 0 saturated heterocycles. The topological polar surface area (TPSA) is 58.6 Å². The lowest BCUT2D eigenvalue weighted by atomic mass is 10.1. The number of rotatable bonds is 8. The molecule has 0 saturated carbocycles. The van der Waals surface area contributed by atoms with E-state index in [0.29, 0.717) is 27.3 Å². The second-order valence-corrected chi connectivity index (χ2v) is 7.71. The first-order valence-corrected chi connectivity index (χ1v) is 9.95. The lowest BCUT2D eigenvalue weighted by Crippen LogP contribution is -2.02. The first kappa shape index (κ1) is 20.3. The van der Waals surface area contributed by atoms with Crippen molar-refractivity contribution in [2.45, 2.75) is 6.61 Å². The molecule has 0 aliphatic heterocycles. The van der Waals surface area contributed by atoms with Crippen molar-refractivity contribution >= 4 is 45.5 Å². The summed E-state index contributed by atoms with van der Waals surface area (Å²) in [5.74, 6) is -0.301. The van der Waals surface area contributed by atoms with Gasteiger partial charge in [-0.3, -0.25) is 0 Å². The Bertz CT molecular complexity index is 979. The molecule has 0 amide bonds. The average molecular weight is 434 g/mol. The molecule has 2 N–H and O–H groups in total. The molecule has 3 aromatic rings. The molecule has 7 heteroatoms. The number of halogens is 2. The zero-order valence-electron chi connectivity index (χ0n) is 14.7. The van der Waals surface area contributed by atoms with Gasteiger partial charge in [0.2, 0.25) is 0 Å². The normalized spacial score (nSPS) is 10.5. The van der Waals surface area contributed by atoms with Crippen LogP contribution in [0.5, 0.6) is 5.75 Å². The first-order chi connectivity index (χ1) is 13.5. The predicted octanol–water partition coefficient (Wildman–Crippen LogP) is 6.60. The second kappa shape index (κ2) is 9.15. The molecule has 0 aliphatic carbocycles. The van der Waals surface area contributed by atoms with Crippen molar-refractivity contribution in [1.29, 1.82) is 0 Å². The number of hydrogen-bond acceptors (Lipinski definition) is 4. The third kappa shape index (κ3) is 4.68. The monoisotopic (exact) mass is 433 g/mol. The van der Waals surface area contributed by atoms with E-state index >= 15 is 0 Å². The summed E-state index contributed by atoms with van der Waals surface area (Å²) in [6, 6.07) is 14.4. The standard InChI is InChI=1S/C21H17Cl2NO3S/c1-2-10-24-20-15(21(25)26)11-19(28-20)13-6-8-14(9-7-13)27-12-16-17(22)4-3-5-18(16)23/h2-9,11,24H,1,10,12H2,(H,25,26). The van der Waals surface area contributed by atoms with Gasteiger partial charge in [0.15, 0.2) is 0 Å². The maximum absolute atomic E-state index is 11.5. The first-order valence-electron chi connectivity index (χ1n) is 8.37. The van der Waals surface area contributed by atoms with Gasteiger partial charge in [-0.15, -0.1) is 17.9 Å². The van der Waals surface area contributed by atoms with E-state index in [2.05, 4.69) is 11.9 Å². The van der Waals surface area contributed by atoms with Crippen LogP contribution < -0.4 is 10.1 Å². The average Bonchev–Trinajstić information content (AvgIpc) is 3.11. The van der Waals surface area contributed by atoms with Crippen LogP contribution in [0.4, 0.5) is 5.00 Å². The molecule has 3 rings (SSSR count). The van der Waals surface area contributed by atoms with Gasteiger partial charge in [-0.25, -0.2) is 4.79 Å². The van der Waals surface area contributed by atoms with Crippen molar-refractivity contribution in [3.63, 3.8) is 0 Å². The van der Waals surface area contributed by atoms with Crippen LogP contribution in [0.1, 0.15) is 15.9 Å². The minimum absolute atomic E-state index is 0.246. The molecule has 1 heterocycles. The number of nitrogens with one attached hydrogen (secondary N) is 1. The van der Waals surface area contributed by atoms with Crippen LogP contribution in [0.3, 0.4) is 0 Å². The van der Waals surface area contributed by atoms with E-state index in [1.165, 1.54) is 11.3 Å². The smallest absolute Gasteiger partial charge is 0.338 e. The molecule has 0 spiro atoms. The highest BCUT2D eigenvalue weighted by Gasteiger charge is 2.16. The Morgan fingerprint density at radius 3 is 2.46 bits per heavy atom. The Balaban J connectivity index is 1.75. The highest BCUT2D eigenvalue weighted by Crippen LogP contribution is 2.36. The van der Waals surface area contributed by atoms with Crippen LogP contribution >= 0.6 is 34.5 Å². The molecule has 0 bridgehead atoms. The van der Waals surface area contributed by atoms with Gasteiger partial charge in [0, 0.05) is 27.0 Å². The van der Waals surface area contributed by atoms with Crippen molar-refractivity contribution in [2.24, 2.45) is 0 Å². The maximum atomic E-state index is 11.5. The number of carboxylic acid groups (broad SMARTS) is 1. The number of aromatic carboxylic acids is 1. The van der Waals surface area contributed by atoms with Gasteiger partial charge in [0.25, 0.3) is 0 Å². The number of thiophene rings is 1. The summed E-state index contributed by atoms with van der Waals surface area (Å²) in [5.41, 5.74) is 1.88. The van der Waals surface area contributed by atoms with Crippen LogP contribution in [0.25, 0.3) is 10.4 Å². The van der Waals surface area contributed by atoms with E-state index in [0.717, 1.165) is 16.0 Å². The number of anilines is 1. The SMILES string of the molecule is C=CCNc1sc(-c2ccc(OCc3c(Cl)cccc3Cl)cc2)cc1C(=O)O. The van der Waals surface area contributed by atoms with Crippen LogP contribution in [-0.2, 0) is 6.61 Å². The number of ether oxygens (including phenoxy) is 1. The predicted molar refractivity (Wildman–Crippen MR) is 116 cm³/mol. The van der Waals surface area contributed by atoms with E-state index < -0.39 is 5.97 Å². The Labute approximate surface area is 177 Å². The molecule has 0 radical (unpaired) electrons. The molecule has 144 valence electrons. The van der Waals surface area contributed by atoms with Crippen molar-refractivity contribution < 1.29 is 14.6 Å². The minimum Gasteiger partial charge on any atom is -0.489 e. The van der Waals surface area contributed by atoms with Gasteiger partial charge >= 0.3 is 5.97 Å². The number of benzene rings is 2. The number of carbonyl (C=O) groups is 1. The van der Waals surface area contributed by atoms with Crippen molar-refractivity contribution in [3.05, 3.63) is 82.4 Å². The van der Waals surface area contributed by atoms with Gasteiger partial charge in [-0.05, 0) is 48.0 Å². The van der Waals surface area contributed by atoms with Crippen LogP contribution in [0.2, 0.25) is 10.0 Å². The van der Waals surface area contributed by atoms with Gasteiger partial charge in [0.05, 0.1) is 5.56 Å². The molecule has 0 aliphatic rings. The lowest BCUT2D eigenvalue weighted by molar-refractivity contribution is 0.0698. The number of hydrogen-bond donors (Lipinski definition) is 2. The Kier molecular flexibility index (Phi) is 6.62. The van der Waals surface area contributed by atoms with E-state index in [-0.39, 0.29) is 12.2 Å². The van der Waals surface area contributed by atoms with E-state index in [9.17, 15) is 9.90 Å². The molecular weight excluding hydrogens is 417 g/mol. The summed E-state index contributed by atoms with van der Waals surface area (Å²) >= 11 is 13.7. The fraction of sp³-hybridized carbons (Fsp3) is 0.0952. The van der Waals surface area contributed by atoms with Gasteiger partial charge in [-0.2, -0.15) is 0 Å². The number of carboxylic acids is 1. The highest BCUT2D eigenvalue weighted by molar-refractivity contribution is 7.19. The molecular formula is C21H17Cl2NO3S. The molecule has 1 aromatic heterocycles. The molecule has 2 aromatic carbocycles. The summed E-state index contributed by atoms with van der Waals surface area (Å²) in [6.07, 6.45) is 1.68. The van der Waals surface area contributed by atoms with Gasteiger partial charge in [-0.1, -0.05) is 35.3 Å². The largest absolute Gasteiger partial charge is 0.489 e. The Hall–Kier alpha value is -2.47. The van der Waals surface area contributed by atoms with Gasteiger partial charge < -0.3 is 15.2 Å². The Morgan fingerprint density at radius 1 is 1.18 bits per heavy atom. The summed E-state index contributed by atoms with van der Waals surface area (Å²) in [4.78, 5) is 12.3. The maximum Gasteiger partial charge on any atom is 0.338 e. The van der Waals surface area contributed by atoms with Gasteiger partial charge in [0.1, 0.15) is 17.4 Å². The quantitative estimate of drug-likeness (QED) is 0.393. The zero-order chi connectivity index (χ0) is 20.1. The lowest BCUT2D eigenvalue weighted by Gasteiger charge is -2.10. The second-order valence-electron chi connectivity index (χ2n) is 5.84. The van der Waals surface area contributed by atoms with E-state index in [4.69, 9.17) is 27.9 Å². The summed E-state index contributed by atoms with van der Waals surface area (Å²) in [6.45, 7) is 4.40. The van der Waals surface area contributed by atoms with Crippen LogP contribution in [0.15, 0.2) is 61.2 Å². The summed E-state index contributed by atoms with van der Waals surface area (Å²) < 4.78 is 5.78. The minimum atomic E-state index is -0.967. The van der Waals surface area contributed by atoms with Crippen molar-refractivity contribution in [1.82, 2.24) is 0 Å². The molecule has 28 heavy (non-hydrogen) atoms. The van der Waals surface area contributed by atoms with Crippen LogP contribution in [0, 0.1) is 0 Å². The molecule has 4 nitrogen and oxygen atoms in total. The third-order valence-corrected chi connectivity index (χ3v) is 5.80. The Morgan fingerprint density at radius 2 is 1.86 bits per heavy atom. The fourth-order valence-corrected chi connectivity index (χ4v) is 4.10.